The first-order valence-electron chi connectivity index (χ1n) is 4.77. The molecule has 0 aliphatic rings. The smallest absolute Gasteiger partial charge is 0.280 e. The van der Waals surface area contributed by atoms with E-state index in [9.17, 15) is 8.78 Å². The number of rotatable bonds is 2. The van der Waals surface area contributed by atoms with Crippen LogP contribution in [-0.4, -0.2) is 4.98 Å². The topological polar surface area (TPSA) is 38.9 Å². The second-order valence-electron chi connectivity index (χ2n) is 3.40. The molecule has 0 aliphatic heterocycles. The average molecular weight is 220 g/mol. The second kappa shape index (κ2) is 4.26. The number of benzene rings is 1. The van der Waals surface area contributed by atoms with Gasteiger partial charge in [0, 0.05) is 11.9 Å². The fourth-order valence-electron chi connectivity index (χ4n) is 1.47. The number of alkyl halides is 2. The summed E-state index contributed by atoms with van der Waals surface area (Å²) < 4.78 is 24.9. The van der Waals surface area contributed by atoms with Crippen molar-refractivity contribution >= 4 is 5.69 Å². The summed E-state index contributed by atoms with van der Waals surface area (Å²) in [5.41, 5.74) is 7.51. The van der Waals surface area contributed by atoms with Gasteiger partial charge >= 0.3 is 0 Å². The van der Waals surface area contributed by atoms with Gasteiger partial charge in [0.05, 0.1) is 0 Å². The van der Waals surface area contributed by atoms with Gasteiger partial charge in [0.1, 0.15) is 5.69 Å². The van der Waals surface area contributed by atoms with Gasteiger partial charge in [-0.2, -0.15) is 0 Å². The molecular formula is C12H10F2N2. The number of pyridine rings is 1. The van der Waals surface area contributed by atoms with Crippen LogP contribution in [0, 0.1) is 0 Å². The molecule has 2 N–H and O–H groups in total. The van der Waals surface area contributed by atoms with E-state index >= 15 is 0 Å². The quantitative estimate of drug-likeness (QED) is 0.789. The minimum Gasteiger partial charge on any atom is -0.399 e. The van der Waals surface area contributed by atoms with Gasteiger partial charge in [-0.3, -0.25) is 4.98 Å². The molecule has 0 atom stereocenters. The highest BCUT2D eigenvalue weighted by Gasteiger charge is 2.09. The van der Waals surface area contributed by atoms with Crippen molar-refractivity contribution in [3.8, 4) is 11.1 Å². The highest BCUT2D eigenvalue weighted by molar-refractivity contribution is 5.67. The summed E-state index contributed by atoms with van der Waals surface area (Å²) in [6, 6.07) is 10.2. The van der Waals surface area contributed by atoms with Crippen molar-refractivity contribution in [2.24, 2.45) is 0 Å². The zero-order chi connectivity index (χ0) is 11.5. The molecule has 0 amide bonds. The van der Waals surface area contributed by atoms with Crippen LogP contribution < -0.4 is 5.73 Å². The first-order chi connectivity index (χ1) is 7.66. The Hall–Kier alpha value is -1.97. The lowest BCUT2D eigenvalue weighted by molar-refractivity contribution is 0.146. The molecule has 2 aromatic rings. The summed E-state index contributed by atoms with van der Waals surface area (Å²) in [7, 11) is 0. The summed E-state index contributed by atoms with van der Waals surface area (Å²) in [5, 5.41) is 0. The van der Waals surface area contributed by atoms with Crippen molar-refractivity contribution in [3.05, 3.63) is 48.3 Å². The van der Waals surface area contributed by atoms with Crippen LogP contribution in [0.2, 0.25) is 0 Å². The molecule has 0 bridgehead atoms. The maximum Gasteiger partial charge on any atom is 0.280 e. The molecule has 1 aromatic heterocycles. The molecule has 0 spiro atoms. The molecule has 0 aliphatic carbocycles. The summed E-state index contributed by atoms with van der Waals surface area (Å²) >= 11 is 0. The molecule has 1 aromatic carbocycles. The normalized spacial score (nSPS) is 10.7. The van der Waals surface area contributed by atoms with E-state index in [1.807, 2.05) is 6.07 Å². The Morgan fingerprint density at radius 1 is 1.06 bits per heavy atom. The SMILES string of the molecule is Nc1cccc(-c2ccnc(C(F)F)c2)c1. The van der Waals surface area contributed by atoms with Crippen LogP contribution in [-0.2, 0) is 0 Å². The predicted molar refractivity (Wildman–Crippen MR) is 59.0 cm³/mol. The Balaban J connectivity index is 2.44. The van der Waals surface area contributed by atoms with Gasteiger partial charge in [-0.15, -0.1) is 0 Å². The van der Waals surface area contributed by atoms with Crippen LogP contribution in [0.4, 0.5) is 14.5 Å². The van der Waals surface area contributed by atoms with Crippen LogP contribution in [0.3, 0.4) is 0 Å². The molecule has 4 heteroatoms. The van der Waals surface area contributed by atoms with Crippen LogP contribution in [0.1, 0.15) is 12.1 Å². The molecule has 82 valence electrons. The Morgan fingerprint density at radius 2 is 1.81 bits per heavy atom. The van der Waals surface area contributed by atoms with Crippen molar-refractivity contribution in [3.63, 3.8) is 0 Å². The third-order valence-corrected chi connectivity index (χ3v) is 2.22. The van der Waals surface area contributed by atoms with E-state index < -0.39 is 6.43 Å². The highest BCUT2D eigenvalue weighted by atomic mass is 19.3. The van der Waals surface area contributed by atoms with Gasteiger partial charge in [-0.1, -0.05) is 12.1 Å². The molecule has 0 saturated heterocycles. The fraction of sp³-hybridized carbons (Fsp3) is 0.0833. The number of nitrogens with two attached hydrogens (primary N) is 1. The summed E-state index contributed by atoms with van der Waals surface area (Å²) in [5.74, 6) is 0. The minimum absolute atomic E-state index is 0.222. The number of aromatic nitrogens is 1. The summed E-state index contributed by atoms with van der Waals surface area (Å²) in [6.45, 7) is 0. The Bertz CT molecular complexity index is 498. The van der Waals surface area contributed by atoms with Crippen LogP contribution in [0.15, 0.2) is 42.6 Å². The largest absolute Gasteiger partial charge is 0.399 e. The van der Waals surface area contributed by atoms with E-state index in [2.05, 4.69) is 4.98 Å². The Kier molecular flexibility index (Phi) is 2.81. The van der Waals surface area contributed by atoms with E-state index in [4.69, 9.17) is 5.73 Å². The molecule has 0 unspecified atom stereocenters. The maximum absolute atomic E-state index is 12.5. The molecule has 0 fully saturated rings. The number of halogens is 2. The molecule has 2 nitrogen and oxygen atoms in total. The predicted octanol–water partition coefficient (Wildman–Crippen LogP) is 3.27. The summed E-state index contributed by atoms with van der Waals surface area (Å²) in [6.07, 6.45) is -1.18. The highest BCUT2D eigenvalue weighted by Crippen LogP contribution is 2.24. The van der Waals surface area contributed by atoms with E-state index in [1.165, 1.54) is 12.3 Å². The van der Waals surface area contributed by atoms with Crippen molar-refractivity contribution in [2.45, 2.75) is 6.43 Å². The monoisotopic (exact) mass is 220 g/mol. The number of nitrogen functional groups attached to an aromatic ring is 1. The zero-order valence-corrected chi connectivity index (χ0v) is 8.40. The van der Waals surface area contributed by atoms with Crippen molar-refractivity contribution in [1.82, 2.24) is 4.98 Å². The number of nitrogens with zero attached hydrogens (tertiary/aromatic N) is 1. The fourth-order valence-corrected chi connectivity index (χ4v) is 1.47. The lowest BCUT2D eigenvalue weighted by atomic mass is 10.1. The van der Waals surface area contributed by atoms with Crippen LogP contribution >= 0.6 is 0 Å². The number of hydrogen-bond acceptors (Lipinski definition) is 2. The van der Waals surface area contributed by atoms with Gasteiger partial charge in [0.2, 0.25) is 0 Å². The van der Waals surface area contributed by atoms with Crippen LogP contribution in [0.5, 0.6) is 0 Å². The molecule has 16 heavy (non-hydrogen) atoms. The van der Waals surface area contributed by atoms with Gasteiger partial charge in [0.15, 0.2) is 0 Å². The van der Waals surface area contributed by atoms with Gasteiger partial charge in [0.25, 0.3) is 6.43 Å². The Labute approximate surface area is 91.7 Å². The number of anilines is 1. The van der Waals surface area contributed by atoms with Gasteiger partial charge < -0.3 is 5.73 Å². The Morgan fingerprint density at radius 3 is 2.50 bits per heavy atom. The first-order valence-corrected chi connectivity index (χ1v) is 4.77. The molecule has 0 saturated carbocycles. The molecule has 2 rings (SSSR count). The van der Waals surface area contributed by atoms with Crippen LogP contribution in [0.25, 0.3) is 11.1 Å². The average Bonchev–Trinajstić information content (AvgIpc) is 2.29. The van der Waals surface area contributed by atoms with Crippen molar-refractivity contribution in [1.29, 1.82) is 0 Å². The van der Waals surface area contributed by atoms with E-state index in [1.54, 1.807) is 24.3 Å². The minimum atomic E-state index is -2.55. The van der Waals surface area contributed by atoms with Crippen molar-refractivity contribution in [2.75, 3.05) is 5.73 Å². The first kappa shape index (κ1) is 10.5. The lowest BCUT2D eigenvalue weighted by Gasteiger charge is -2.04. The third-order valence-electron chi connectivity index (χ3n) is 2.22. The van der Waals surface area contributed by atoms with E-state index in [-0.39, 0.29) is 5.69 Å². The third kappa shape index (κ3) is 2.16. The summed E-state index contributed by atoms with van der Waals surface area (Å²) in [4.78, 5) is 3.61. The van der Waals surface area contributed by atoms with Gasteiger partial charge in [-0.05, 0) is 35.4 Å². The van der Waals surface area contributed by atoms with Gasteiger partial charge in [-0.25, -0.2) is 8.78 Å². The zero-order valence-electron chi connectivity index (χ0n) is 8.40. The molecule has 0 radical (unpaired) electrons. The molecular weight excluding hydrogens is 210 g/mol. The maximum atomic E-state index is 12.5. The second-order valence-corrected chi connectivity index (χ2v) is 3.40. The molecule has 1 heterocycles. The number of hydrogen-bond donors (Lipinski definition) is 1. The standard InChI is InChI=1S/C12H10F2N2/c13-12(14)11-7-9(4-5-16-11)8-2-1-3-10(15)6-8/h1-7,12H,15H2. The van der Waals surface area contributed by atoms with Crippen molar-refractivity contribution < 1.29 is 8.78 Å². The lowest BCUT2D eigenvalue weighted by Crippen LogP contribution is -1.91. The van der Waals surface area contributed by atoms with E-state index in [0.29, 0.717) is 11.3 Å². The van der Waals surface area contributed by atoms with E-state index in [0.717, 1.165) is 5.56 Å².